The van der Waals surface area contributed by atoms with Crippen LogP contribution in [-0.2, 0) is 13.0 Å². The number of nitrogens with one attached hydrogen (secondary N) is 1. The molecule has 1 spiro atoms. The van der Waals surface area contributed by atoms with Crippen molar-refractivity contribution in [3.63, 3.8) is 0 Å². The molecular formula is C19H21BrN2. The summed E-state index contributed by atoms with van der Waals surface area (Å²) in [6.07, 6.45) is 2.10. The third kappa shape index (κ3) is 2.80. The third-order valence-electron chi connectivity index (χ3n) is 4.86. The smallest absolute Gasteiger partial charge is 0.0497 e. The lowest BCUT2D eigenvalue weighted by Gasteiger charge is -2.36. The molecule has 2 aromatic carbocycles. The van der Waals surface area contributed by atoms with Crippen LogP contribution in [0.4, 0.5) is 5.69 Å². The number of hydrogen-bond acceptors (Lipinski definition) is 2. The van der Waals surface area contributed by atoms with Gasteiger partial charge in [-0.05, 0) is 42.6 Å². The summed E-state index contributed by atoms with van der Waals surface area (Å²) in [6, 6.07) is 17.0. The Bertz CT molecular complexity index is 706. The van der Waals surface area contributed by atoms with Gasteiger partial charge < -0.3 is 5.32 Å². The van der Waals surface area contributed by atoms with Crippen LogP contribution in [0.1, 0.15) is 18.9 Å². The standard InChI is InChI=1S/C19H21BrN2/c20-17-7-6-16-11-19(13-21-18(16)10-17)8-9-22(14-19)12-15-4-2-1-3-5-15/h1-7,10,21H,8-9,11-14H2/i13D. The summed E-state index contributed by atoms with van der Waals surface area (Å²) < 4.78 is 9.71. The van der Waals surface area contributed by atoms with Crippen LogP contribution in [0, 0.1) is 5.41 Å². The molecule has 0 saturated carbocycles. The Morgan fingerprint density at radius 1 is 1.23 bits per heavy atom. The van der Waals surface area contributed by atoms with Gasteiger partial charge in [-0.3, -0.25) is 4.90 Å². The number of anilines is 1. The molecule has 22 heavy (non-hydrogen) atoms. The van der Waals surface area contributed by atoms with Crippen molar-refractivity contribution < 1.29 is 1.37 Å². The summed E-state index contributed by atoms with van der Waals surface area (Å²) in [4.78, 5) is 2.50. The summed E-state index contributed by atoms with van der Waals surface area (Å²) in [7, 11) is 0. The van der Waals surface area contributed by atoms with Crippen LogP contribution in [0.5, 0.6) is 0 Å². The van der Waals surface area contributed by atoms with Crippen LogP contribution >= 0.6 is 15.9 Å². The fourth-order valence-corrected chi connectivity index (χ4v) is 4.08. The normalized spacial score (nSPS) is 28.2. The summed E-state index contributed by atoms with van der Waals surface area (Å²) in [6.45, 7) is 2.84. The number of nitrogens with zero attached hydrogens (tertiary/aromatic N) is 1. The second kappa shape index (κ2) is 5.71. The Balaban J connectivity index is 1.52. The molecule has 2 unspecified atom stereocenters. The van der Waals surface area contributed by atoms with Crippen molar-refractivity contribution in [2.45, 2.75) is 19.4 Å². The molecule has 1 saturated heterocycles. The fourth-order valence-electron chi connectivity index (χ4n) is 3.72. The quantitative estimate of drug-likeness (QED) is 0.861. The zero-order chi connectivity index (χ0) is 15.9. The van der Waals surface area contributed by atoms with Gasteiger partial charge in [0.05, 0.1) is 0 Å². The molecule has 114 valence electrons. The van der Waals surface area contributed by atoms with Gasteiger partial charge in [0.15, 0.2) is 0 Å². The zero-order valence-corrected chi connectivity index (χ0v) is 14.1. The van der Waals surface area contributed by atoms with Gasteiger partial charge in [0.2, 0.25) is 0 Å². The van der Waals surface area contributed by atoms with E-state index in [2.05, 4.69) is 74.7 Å². The largest absolute Gasteiger partial charge is 0.384 e. The summed E-state index contributed by atoms with van der Waals surface area (Å²) in [5.41, 5.74) is 3.86. The first-order valence-corrected chi connectivity index (χ1v) is 8.67. The van der Waals surface area contributed by atoms with Gasteiger partial charge in [-0.25, -0.2) is 0 Å². The number of benzene rings is 2. The molecule has 0 amide bonds. The van der Waals surface area contributed by atoms with Crippen LogP contribution in [0.2, 0.25) is 0 Å². The predicted octanol–water partition coefficient (Wildman–Crippen LogP) is 4.31. The molecule has 1 fully saturated rings. The van der Waals surface area contributed by atoms with Crippen LogP contribution < -0.4 is 5.32 Å². The van der Waals surface area contributed by atoms with Crippen molar-refractivity contribution in [3.8, 4) is 0 Å². The minimum Gasteiger partial charge on any atom is -0.384 e. The summed E-state index contributed by atoms with van der Waals surface area (Å²) in [5.74, 6) is 0. The Morgan fingerprint density at radius 3 is 2.95 bits per heavy atom. The second-order valence-electron chi connectivity index (χ2n) is 6.58. The molecule has 0 aromatic heterocycles. The molecule has 2 heterocycles. The predicted molar refractivity (Wildman–Crippen MR) is 95.1 cm³/mol. The lowest BCUT2D eigenvalue weighted by atomic mass is 9.78. The van der Waals surface area contributed by atoms with Crippen molar-refractivity contribution in [2.24, 2.45) is 5.41 Å². The van der Waals surface area contributed by atoms with Crippen LogP contribution in [-0.4, -0.2) is 24.5 Å². The average Bonchev–Trinajstić information content (AvgIpc) is 2.94. The lowest BCUT2D eigenvalue weighted by Crippen LogP contribution is -2.38. The Kier molecular flexibility index (Phi) is 3.41. The molecular weight excluding hydrogens is 336 g/mol. The second-order valence-corrected chi connectivity index (χ2v) is 7.49. The topological polar surface area (TPSA) is 15.3 Å². The molecule has 3 heteroatoms. The average molecular weight is 358 g/mol. The molecule has 4 rings (SSSR count). The molecule has 0 radical (unpaired) electrons. The van der Waals surface area contributed by atoms with E-state index in [0.717, 1.165) is 42.6 Å². The fraction of sp³-hybridized carbons (Fsp3) is 0.368. The van der Waals surface area contributed by atoms with Gasteiger partial charge in [0, 0.05) is 36.6 Å². The van der Waals surface area contributed by atoms with E-state index in [1.165, 1.54) is 11.1 Å². The number of halogens is 1. The molecule has 2 aliphatic rings. The summed E-state index contributed by atoms with van der Waals surface area (Å²) >= 11 is 3.52. The molecule has 2 atom stereocenters. The van der Waals surface area contributed by atoms with Gasteiger partial charge in [-0.15, -0.1) is 0 Å². The first kappa shape index (κ1) is 13.1. The highest BCUT2D eigenvalue weighted by Crippen LogP contribution is 2.40. The minimum atomic E-state index is -0.231. The third-order valence-corrected chi connectivity index (χ3v) is 5.35. The van der Waals surface area contributed by atoms with Gasteiger partial charge in [0.25, 0.3) is 0 Å². The van der Waals surface area contributed by atoms with Gasteiger partial charge in [-0.1, -0.05) is 52.3 Å². The first-order chi connectivity index (χ1) is 11.1. The Hall–Kier alpha value is -1.32. The Labute approximate surface area is 142 Å². The maximum Gasteiger partial charge on any atom is 0.0497 e. The first-order valence-electron chi connectivity index (χ1n) is 8.46. The highest BCUT2D eigenvalue weighted by atomic mass is 79.9. The van der Waals surface area contributed by atoms with Crippen LogP contribution in [0.15, 0.2) is 53.0 Å². The van der Waals surface area contributed by atoms with Gasteiger partial charge >= 0.3 is 0 Å². The maximum absolute atomic E-state index is 8.64. The highest BCUT2D eigenvalue weighted by Gasteiger charge is 2.40. The van der Waals surface area contributed by atoms with Gasteiger partial charge in [0.1, 0.15) is 0 Å². The molecule has 2 aliphatic heterocycles. The van der Waals surface area contributed by atoms with E-state index in [9.17, 15) is 0 Å². The monoisotopic (exact) mass is 357 g/mol. The molecule has 2 nitrogen and oxygen atoms in total. The molecule has 0 aliphatic carbocycles. The minimum absolute atomic E-state index is 0.0373. The van der Waals surface area contributed by atoms with E-state index in [4.69, 9.17) is 1.37 Å². The molecule has 1 N–H and O–H groups in total. The van der Waals surface area contributed by atoms with Crippen LogP contribution in [0.3, 0.4) is 0 Å². The van der Waals surface area contributed by atoms with E-state index in [1.807, 2.05) is 0 Å². The number of hydrogen-bond donors (Lipinski definition) is 1. The van der Waals surface area contributed by atoms with Crippen molar-refractivity contribution in [1.82, 2.24) is 4.90 Å². The van der Waals surface area contributed by atoms with Crippen LogP contribution in [0.25, 0.3) is 0 Å². The van der Waals surface area contributed by atoms with Crippen molar-refractivity contribution in [1.29, 1.82) is 0 Å². The summed E-state index contributed by atoms with van der Waals surface area (Å²) in [5, 5.41) is 3.43. The van der Waals surface area contributed by atoms with E-state index in [-0.39, 0.29) is 11.9 Å². The van der Waals surface area contributed by atoms with E-state index in [1.54, 1.807) is 0 Å². The molecule has 0 bridgehead atoms. The van der Waals surface area contributed by atoms with Crippen molar-refractivity contribution in [2.75, 3.05) is 24.9 Å². The van der Waals surface area contributed by atoms with Crippen molar-refractivity contribution in [3.05, 3.63) is 64.1 Å². The lowest BCUT2D eigenvalue weighted by molar-refractivity contribution is 0.256. The number of fused-ring (bicyclic) bond motifs is 1. The Morgan fingerprint density at radius 2 is 2.09 bits per heavy atom. The highest BCUT2D eigenvalue weighted by molar-refractivity contribution is 9.10. The zero-order valence-electron chi connectivity index (χ0n) is 13.6. The van der Waals surface area contributed by atoms with Gasteiger partial charge in [-0.2, -0.15) is 0 Å². The van der Waals surface area contributed by atoms with Crippen molar-refractivity contribution >= 4 is 21.6 Å². The van der Waals surface area contributed by atoms with E-state index >= 15 is 0 Å². The number of likely N-dealkylation sites (tertiary alicyclic amines) is 1. The SMILES string of the molecule is [2H]C1Nc2cc(Br)ccc2CC12CCN(Cc1ccccc1)C2. The maximum atomic E-state index is 8.64. The van der Waals surface area contributed by atoms with E-state index in [0.29, 0.717) is 0 Å². The number of rotatable bonds is 2. The van der Waals surface area contributed by atoms with E-state index < -0.39 is 0 Å². The molecule has 2 aromatic rings.